The molecular formula is C18H22N2O4. The maximum absolute atomic E-state index is 12.4. The number of aliphatic hydroxyl groups is 1. The van der Waals surface area contributed by atoms with Crippen molar-refractivity contribution in [3.8, 4) is 11.8 Å². The molecule has 2 aliphatic rings. The molecule has 1 amide bonds. The fraction of sp³-hybridized carbons (Fsp3) is 0.556. The fourth-order valence-electron chi connectivity index (χ4n) is 3.59. The van der Waals surface area contributed by atoms with Gasteiger partial charge in [-0.2, -0.15) is 5.26 Å². The van der Waals surface area contributed by atoms with Crippen LogP contribution in [0, 0.1) is 11.3 Å². The van der Waals surface area contributed by atoms with Crippen molar-refractivity contribution < 1.29 is 19.4 Å². The van der Waals surface area contributed by atoms with Gasteiger partial charge in [-0.25, -0.2) is 0 Å². The number of benzene rings is 1. The Morgan fingerprint density at radius 3 is 2.92 bits per heavy atom. The average molecular weight is 330 g/mol. The number of nitrogens with zero attached hydrogens (tertiary/aromatic N) is 2. The molecule has 0 aromatic heterocycles. The van der Waals surface area contributed by atoms with E-state index in [1.54, 1.807) is 18.2 Å². The average Bonchev–Trinajstić information content (AvgIpc) is 2.97. The number of ether oxygens (including phenoxy) is 2. The molecule has 1 saturated heterocycles. The summed E-state index contributed by atoms with van der Waals surface area (Å²) in [5.41, 5.74) is 0.658. The minimum Gasteiger partial charge on any atom is -0.485 e. The lowest BCUT2D eigenvalue weighted by atomic mass is 9.84. The highest BCUT2D eigenvalue weighted by Gasteiger charge is 2.49. The van der Waals surface area contributed by atoms with E-state index >= 15 is 0 Å². The van der Waals surface area contributed by atoms with Gasteiger partial charge in [0, 0.05) is 18.5 Å². The van der Waals surface area contributed by atoms with Crippen molar-refractivity contribution in [3.63, 3.8) is 0 Å². The van der Waals surface area contributed by atoms with Gasteiger partial charge < -0.3 is 19.5 Å². The predicted octanol–water partition coefficient (Wildman–Crippen LogP) is 1.77. The summed E-state index contributed by atoms with van der Waals surface area (Å²) in [4.78, 5) is 14.2. The molecule has 1 aromatic rings. The van der Waals surface area contributed by atoms with Crippen molar-refractivity contribution in [2.45, 2.75) is 44.4 Å². The SMILES string of the molecule is CC1(C)Oc2ccc(C#N)cc2C(N2CCCC2=O)C1OCCO. The van der Waals surface area contributed by atoms with Crippen molar-refractivity contribution in [1.82, 2.24) is 4.90 Å². The van der Waals surface area contributed by atoms with Gasteiger partial charge in [-0.15, -0.1) is 0 Å². The van der Waals surface area contributed by atoms with Gasteiger partial charge in [0.1, 0.15) is 17.5 Å². The van der Waals surface area contributed by atoms with E-state index in [4.69, 9.17) is 14.6 Å². The molecule has 1 aromatic carbocycles. The van der Waals surface area contributed by atoms with Gasteiger partial charge in [-0.05, 0) is 38.5 Å². The Kier molecular flexibility index (Phi) is 4.48. The van der Waals surface area contributed by atoms with E-state index in [9.17, 15) is 10.1 Å². The van der Waals surface area contributed by atoms with Gasteiger partial charge in [-0.3, -0.25) is 4.79 Å². The lowest BCUT2D eigenvalue weighted by Gasteiger charge is -2.47. The minimum absolute atomic E-state index is 0.0867. The van der Waals surface area contributed by atoms with Gasteiger partial charge in [0.15, 0.2) is 0 Å². The van der Waals surface area contributed by atoms with E-state index in [0.717, 1.165) is 12.0 Å². The number of likely N-dealkylation sites (tertiary alicyclic amines) is 1. The number of carbonyl (C=O) groups excluding carboxylic acids is 1. The topological polar surface area (TPSA) is 82.8 Å². The predicted molar refractivity (Wildman–Crippen MR) is 86.4 cm³/mol. The van der Waals surface area contributed by atoms with E-state index < -0.39 is 11.7 Å². The van der Waals surface area contributed by atoms with Gasteiger partial charge in [0.2, 0.25) is 5.91 Å². The third-order valence-corrected chi connectivity index (χ3v) is 4.64. The minimum atomic E-state index is -0.663. The molecule has 0 bridgehead atoms. The first-order valence-corrected chi connectivity index (χ1v) is 8.23. The van der Waals surface area contributed by atoms with Crippen molar-refractivity contribution >= 4 is 5.91 Å². The Morgan fingerprint density at radius 2 is 2.29 bits per heavy atom. The van der Waals surface area contributed by atoms with Crippen molar-refractivity contribution in [1.29, 1.82) is 5.26 Å². The monoisotopic (exact) mass is 330 g/mol. The summed E-state index contributed by atoms with van der Waals surface area (Å²) in [5, 5.41) is 18.4. The number of aliphatic hydroxyl groups excluding tert-OH is 1. The lowest BCUT2D eigenvalue weighted by molar-refractivity contribution is -0.150. The van der Waals surface area contributed by atoms with Crippen LogP contribution in [0.1, 0.15) is 43.9 Å². The van der Waals surface area contributed by atoms with Gasteiger partial charge in [0.25, 0.3) is 0 Å². The molecule has 0 saturated carbocycles. The summed E-state index contributed by atoms with van der Waals surface area (Å²) < 4.78 is 12.0. The molecule has 0 spiro atoms. The molecule has 3 rings (SSSR count). The molecule has 1 fully saturated rings. The van der Waals surface area contributed by atoms with Crippen molar-refractivity contribution in [2.24, 2.45) is 0 Å². The van der Waals surface area contributed by atoms with E-state index in [1.165, 1.54) is 0 Å². The van der Waals surface area contributed by atoms with Gasteiger partial charge in [-0.1, -0.05) is 0 Å². The Hall–Kier alpha value is -2.10. The normalized spacial score (nSPS) is 25.1. The second-order valence-corrected chi connectivity index (χ2v) is 6.72. The first kappa shape index (κ1) is 16.7. The van der Waals surface area contributed by atoms with Crippen LogP contribution in [0.25, 0.3) is 0 Å². The standard InChI is InChI=1S/C18H22N2O4/c1-18(2)17(23-9-8-21)16(20-7-3-4-15(20)22)13-10-12(11-19)5-6-14(13)24-18/h5-6,10,16-17,21H,3-4,7-9H2,1-2H3. The molecule has 24 heavy (non-hydrogen) atoms. The highest BCUT2D eigenvalue weighted by atomic mass is 16.6. The Labute approximate surface area is 141 Å². The summed E-state index contributed by atoms with van der Waals surface area (Å²) in [7, 11) is 0. The van der Waals surface area contributed by atoms with Crippen molar-refractivity contribution in [2.75, 3.05) is 19.8 Å². The Bertz CT molecular complexity index is 680. The number of fused-ring (bicyclic) bond motifs is 1. The van der Waals surface area contributed by atoms with Crippen molar-refractivity contribution in [3.05, 3.63) is 29.3 Å². The van der Waals surface area contributed by atoms with Crippen LogP contribution in [0.4, 0.5) is 0 Å². The number of nitriles is 1. The number of hydrogen-bond donors (Lipinski definition) is 1. The van der Waals surface area contributed by atoms with Gasteiger partial charge in [0.05, 0.1) is 30.9 Å². The summed E-state index contributed by atoms with van der Waals surface area (Å²) in [6.45, 7) is 4.57. The molecule has 2 unspecified atom stereocenters. The lowest BCUT2D eigenvalue weighted by Crippen LogP contribution is -2.55. The summed E-state index contributed by atoms with van der Waals surface area (Å²) in [6, 6.07) is 7.09. The molecule has 2 heterocycles. The van der Waals surface area contributed by atoms with Crippen LogP contribution >= 0.6 is 0 Å². The van der Waals surface area contributed by atoms with E-state index in [1.807, 2.05) is 18.7 Å². The summed E-state index contributed by atoms with van der Waals surface area (Å²) in [5.74, 6) is 0.760. The number of amides is 1. The zero-order valence-corrected chi connectivity index (χ0v) is 14.0. The zero-order chi connectivity index (χ0) is 17.3. The van der Waals surface area contributed by atoms with Crippen LogP contribution < -0.4 is 4.74 Å². The first-order chi connectivity index (χ1) is 11.5. The van der Waals surface area contributed by atoms with Crippen LogP contribution in [-0.2, 0) is 9.53 Å². The first-order valence-electron chi connectivity index (χ1n) is 8.23. The van der Waals surface area contributed by atoms with Crippen LogP contribution in [0.15, 0.2) is 18.2 Å². The van der Waals surface area contributed by atoms with Gasteiger partial charge >= 0.3 is 0 Å². The molecule has 0 aliphatic carbocycles. The molecule has 6 heteroatoms. The molecule has 2 atom stereocenters. The maximum atomic E-state index is 12.4. The third kappa shape index (κ3) is 2.85. The quantitative estimate of drug-likeness (QED) is 0.910. The van der Waals surface area contributed by atoms with Crippen LogP contribution in [0.5, 0.6) is 5.75 Å². The number of hydrogen-bond acceptors (Lipinski definition) is 5. The highest BCUT2D eigenvalue weighted by Crippen LogP contribution is 2.45. The third-order valence-electron chi connectivity index (χ3n) is 4.64. The van der Waals surface area contributed by atoms with E-state index in [2.05, 4.69) is 6.07 Å². The Morgan fingerprint density at radius 1 is 1.50 bits per heavy atom. The molecule has 0 radical (unpaired) electrons. The summed E-state index contributed by atoms with van der Waals surface area (Å²) in [6.07, 6.45) is 0.919. The van der Waals surface area contributed by atoms with E-state index in [0.29, 0.717) is 24.3 Å². The van der Waals surface area contributed by atoms with Crippen LogP contribution in [0.3, 0.4) is 0 Å². The molecule has 6 nitrogen and oxygen atoms in total. The summed E-state index contributed by atoms with van der Waals surface area (Å²) >= 11 is 0. The highest BCUT2D eigenvalue weighted by molar-refractivity contribution is 5.79. The molecule has 1 N–H and O–H groups in total. The second-order valence-electron chi connectivity index (χ2n) is 6.72. The number of carbonyl (C=O) groups is 1. The molecular weight excluding hydrogens is 308 g/mol. The van der Waals surface area contributed by atoms with Crippen LogP contribution in [0.2, 0.25) is 0 Å². The van der Waals surface area contributed by atoms with E-state index in [-0.39, 0.29) is 25.2 Å². The Balaban J connectivity index is 2.10. The smallest absolute Gasteiger partial charge is 0.223 e. The fourth-order valence-corrected chi connectivity index (χ4v) is 3.59. The van der Waals surface area contributed by atoms with Crippen LogP contribution in [-0.4, -0.2) is 47.4 Å². The second kappa shape index (κ2) is 6.42. The zero-order valence-electron chi connectivity index (χ0n) is 14.0. The molecule has 2 aliphatic heterocycles. The largest absolute Gasteiger partial charge is 0.485 e. The maximum Gasteiger partial charge on any atom is 0.223 e. The molecule has 128 valence electrons. The number of rotatable bonds is 4.